The largest absolute Gasteiger partial charge is 0.493 e. The Hall–Kier alpha value is -3.14. The molecule has 0 amide bonds. The van der Waals surface area contributed by atoms with Gasteiger partial charge in [-0.2, -0.15) is 4.68 Å². The Kier molecular flexibility index (Phi) is 5.55. The molecule has 0 spiro atoms. The highest BCUT2D eigenvalue weighted by Gasteiger charge is 2.37. The quantitative estimate of drug-likeness (QED) is 0.563. The molecular weight excluding hydrogens is 354 g/mol. The van der Waals surface area contributed by atoms with Crippen molar-refractivity contribution in [3.8, 4) is 11.5 Å². The molecule has 1 aromatic carbocycles. The van der Waals surface area contributed by atoms with Crippen LogP contribution in [0.1, 0.15) is 18.5 Å². The van der Waals surface area contributed by atoms with Gasteiger partial charge in [-0.15, -0.1) is 0 Å². The lowest BCUT2D eigenvalue weighted by molar-refractivity contribution is -0.140. The van der Waals surface area contributed by atoms with Crippen molar-refractivity contribution in [1.29, 1.82) is 0 Å². The Bertz CT molecular complexity index is 863. The predicted molar refractivity (Wildman–Crippen MR) is 94.7 cm³/mol. The molecule has 2 aromatic rings. The second kappa shape index (κ2) is 8.04. The van der Waals surface area contributed by atoms with Gasteiger partial charge in [-0.05, 0) is 23.4 Å². The van der Waals surface area contributed by atoms with E-state index in [1.54, 1.807) is 20.1 Å². The first-order valence-corrected chi connectivity index (χ1v) is 8.25. The molecule has 0 saturated heterocycles. The van der Waals surface area contributed by atoms with Gasteiger partial charge < -0.3 is 24.3 Å². The number of benzene rings is 1. The number of ether oxygens (including phenoxy) is 4. The minimum atomic E-state index is -0.642. The Labute approximate surface area is 156 Å². The van der Waals surface area contributed by atoms with Gasteiger partial charge in [0.05, 0.1) is 26.4 Å². The Morgan fingerprint density at radius 3 is 2.74 bits per heavy atom. The van der Waals surface area contributed by atoms with Crippen LogP contribution in [0.15, 0.2) is 29.5 Å². The van der Waals surface area contributed by atoms with Gasteiger partial charge in [0.2, 0.25) is 5.95 Å². The minimum absolute atomic E-state index is 0.135. The van der Waals surface area contributed by atoms with Gasteiger partial charge in [-0.3, -0.25) is 0 Å². The highest BCUT2D eigenvalue weighted by molar-refractivity contribution is 5.92. The van der Waals surface area contributed by atoms with Crippen LogP contribution in [0.25, 0.3) is 0 Å². The van der Waals surface area contributed by atoms with Gasteiger partial charge in [0.15, 0.2) is 11.5 Å². The van der Waals surface area contributed by atoms with Crippen LogP contribution in [0.4, 0.5) is 5.95 Å². The van der Waals surface area contributed by atoms with Gasteiger partial charge in [-0.1, -0.05) is 17.2 Å². The molecule has 1 aromatic heterocycles. The predicted octanol–water partition coefficient (Wildman–Crippen LogP) is 1.17. The van der Waals surface area contributed by atoms with Gasteiger partial charge in [0, 0.05) is 18.4 Å². The van der Waals surface area contributed by atoms with Crippen LogP contribution in [0.2, 0.25) is 0 Å². The normalized spacial score (nSPS) is 15.8. The summed E-state index contributed by atoms with van der Waals surface area (Å²) >= 11 is 0. The molecule has 2 heterocycles. The molecule has 27 heavy (non-hydrogen) atoms. The van der Waals surface area contributed by atoms with E-state index < -0.39 is 12.0 Å². The Morgan fingerprint density at radius 2 is 2.04 bits per heavy atom. The Balaban J connectivity index is 2.11. The summed E-state index contributed by atoms with van der Waals surface area (Å²) in [5, 5.41) is 14.7. The van der Waals surface area contributed by atoms with Crippen molar-refractivity contribution in [3.63, 3.8) is 0 Å². The zero-order valence-corrected chi connectivity index (χ0v) is 15.6. The van der Waals surface area contributed by atoms with Crippen molar-refractivity contribution in [2.45, 2.75) is 13.0 Å². The fourth-order valence-corrected chi connectivity index (χ4v) is 2.99. The van der Waals surface area contributed by atoms with Crippen LogP contribution in [0.3, 0.4) is 0 Å². The van der Waals surface area contributed by atoms with Gasteiger partial charge >= 0.3 is 5.97 Å². The van der Waals surface area contributed by atoms with Crippen LogP contribution in [-0.2, 0) is 14.3 Å². The summed E-state index contributed by atoms with van der Waals surface area (Å²) in [4.78, 5) is 12.8. The summed E-state index contributed by atoms with van der Waals surface area (Å²) in [6, 6.07) is 4.78. The van der Waals surface area contributed by atoms with Crippen LogP contribution < -0.4 is 14.8 Å². The molecular formula is C17H21N5O5. The van der Waals surface area contributed by atoms with Crippen molar-refractivity contribution in [3.05, 3.63) is 35.0 Å². The summed E-state index contributed by atoms with van der Waals surface area (Å²) < 4.78 is 22.7. The number of allylic oxidation sites excluding steroid dienone is 1. The van der Waals surface area contributed by atoms with Gasteiger partial charge in [-0.25, -0.2) is 4.79 Å². The van der Waals surface area contributed by atoms with Crippen molar-refractivity contribution < 1.29 is 23.7 Å². The second-order valence-corrected chi connectivity index (χ2v) is 5.72. The smallest absolute Gasteiger partial charge is 0.338 e. The number of esters is 1. The van der Waals surface area contributed by atoms with Crippen LogP contribution in [0.5, 0.6) is 11.5 Å². The summed E-state index contributed by atoms with van der Waals surface area (Å²) in [6.07, 6.45) is 0. The molecule has 3 rings (SSSR count). The number of nitrogens with zero attached hydrogens (tertiary/aromatic N) is 4. The third-order valence-corrected chi connectivity index (χ3v) is 4.18. The molecule has 1 aliphatic heterocycles. The molecule has 0 aliphatic carbocycles. The van der Waals surface area contributed by atoms with E-state index in [4.69, 9.17) is 18.9 Å². The maximum atomic E-state index is 12.8. The summed E-state index contributed by atoms with van der Waals surface area (Å²) in [7, 11) is 4.63. The lowest BCUT2D eigenvalue weighted by Crippen LogP contribution is -2.30. The lowest BCUT2D eigenvalue weighted by Gasteiger charge is -2.28. The average Bonchev–Trinajstić information content (AvgIpc) is 3.14. The van der Waals surface area contributed by atoms with E-state index >= 15 is 0 Å². The van der Waals surface area contributed by atoms with Crippen molar-refractivity contribution in [2.75, 3.05) is 39.9 Å². The first kappa shape index (κ1) is 18.6. The number of tetrazole rings is 1. The fraction of sp³-hybridized carbons (Fsp3) is 0.412. The summed E-state index contributed by atoms with van der Waals surface area (Å²) in [6.45, 7) is 2.20. The average molecular weight is 375 g/mol. The zero-order chi connectivity index (χ0) is 19.4. The third kappa shape index (κ3) is 3.43. The van der Waals surface area contributed by atoms with E-state index in [1.807, 2.05) is 12.1 Å². The van der Waals surface area contributed by atoms with Crippen molar-refractivity contribution >= 4 is 11.9 Å². The molecule has 1 N–H and O–H groups in total. The topological polar surface area (TPSA) is 110 Å². The fourth-order valence-electron chi connectivity index (χ4n) is 2.99. The third-order valence-electron chi connectivity index (χ3n) is 4.18. The molecule has 1 aliphatic rings. The number of hydrogen-bond acceptors (Lipinski definition) is 9. The summed E-state index contributed by atoms with van der Waals surface area (Å²) in [5.41, 5.74) is 1.64. The first-order valence-electron chi connectivity index (χ1n) is 8.25. The monoisotopic (exact) mass is 375 g/mol. The van der Waals surface area contributed by atoms with E-state index in [9.17, 15) is 4.79 Å². The number of carbonyl (C=O) groups is 1. The number of para-hydroxylation sites is 1. The molecule has 0 unspecified atom stereocenters. The van der Waals surface area contributed by atoms with E-state index in [1.165, 1.54) is 18.9 Å². The summed E-state index contributed by atoms with van der Waals surface area (Å²) in [5.74, 6) is 0.945. The number of hydrogen-bond donors (Lipinski definition) is 1. The maximum Gasteiger partial charge on any atom is 0.338 e. The Morgan fingerprint density at radius 1 is 1.22 bits per heavy atom. The molecule has 10 heteroatoms. The van der Waals surface area contributed by atoms with Gasteiger partial charge in [0.1, 0.15) is 12.6 Å². The van der Waals surface area contributed by atoms with E-state index in [2.05, 4.69) is 20.8 Å². The number of rotatable bonds is 7. The number of nitrogens with one attached hydrogen (secondary N) is 1. The lowest BCUT2D eigenvalue weighted by atomic mass is 9.94. The number of fused-ring (bicyclic) bond motifs is 1. The standard InChI is InChI=1S/C17H21N5O5/c1-10-13(16(23)27-9-8-24-2)14(22-17(18-10)19-20-21-22)11-6-5-7-12(25-3)15(11)26-4/h5-7,14H,8-9H2,1-4H3,(H,18,19,21)/t14-/m1/s1. The van der Waals surface area contributed by atoms with Crippen molar-refractivity contribution in [1.82, 2.24) is 20.2 Å². The van der Waals surface area contributed by atoms with Crippen molar-refractivity contribution in [2.24, 2.45) is 0 Å². The molecule has 0 bridgehead atoms. The molecule has 0 saturated carbocycles. The van der Waals surface area contributed by atoms with Crippen LogP contribution in [-0.4, -0.2) is 60.7 Å². The number of methoxy groups -OCH3 is 3. The van der Waals surface area contributed by atoms with Crippen LogP contribution >= 0.6 is 0 Å². The van der Waals surface area contributed by atoms with E-state index in [-0.39, 0.29) is 6.61 Å². The minimum Gasteiger partial charge on any atom is -0.493 e. The van der Waals surface area contributed by atoms with E-state index in [0.717, 1.165) is 0 Å². The number of anilines is 1. The SMILES string of the molecule is COCCOC(=O)C1=C(C)Nc2nnnn2[C@@H]1c1cccc(OC)c1OC. The molecule has 144 valence electrons. The zero-order valence-electron chi connectivity index (χ0n) is 15.6. The molecule has 0 fully saturated rings. The highest BCUT2D eigenvalue weighted by Crippen LogP contribution is 2.42. The number of aromatic nitrogens is 4. The second-order valence-electron chi connectivity index (χ2n) is 5.72. The first-order chi connectivity index (χ1) is 13.1. The van der Waals surface area contributed by atoms with Crippen LogP contribution in [0, 0.1) is 0 Å². The molecule has 10 nitrogen and oxygen atoms in total. The number of carbonyl (C=O) groups excluding carboxylic acids is 1. The maximum absolute atomic E-state index is 12.8. The van der Waals surface area contributed by atoms with E-state index in [0.29, 0.717) is 40.9 Å². The molecule has 0 radical (unpaired) electrons. The highest BCUT2D eigenvalue weighted by atomic mass is 16.6. The van der Waals surface area contributed by atoms with Gasteiger partial charge in [0.25, 0.3) is 0 Å². The molecule has 1 atom stereocenters.